The van der Waals surface area contributed by atoms with E-state index in [9.17, 15) is 9.59 Å². The average Bonchev–Trinajstić information content (AvgIpc) is 3.04. The van der Waals surface area contributed by atoms with E-state index in [-0.39, 0.29) is 11.9 Å². The molecule has 1 heterocycles. The van der Waals surface area contributed by atoms with Gasteiger partial charge in [-0.15, -0.1) is 13.2 Å². The molecule has 0 radical (unpaired) electrons. The third kappa shape index (κ3) is 7.84. The van der Waals surface area contributed by atoms with Crippen LogP contribution < -0.4 is 10.6 Å². The molecule has 0 bridgehead atoms. The van der Waals surface area contributed by atoms with Crippen LogP contribution in [-0.4, -0.2) is 37.6 Å². The number of carbonyl (C=O) groups excluding carboxylic acids is 2. The van der Waals surface area contributed by atoms with Crippen LogP contribution >= 0.6 is 0 Å². The van der Waals surface area contributed by atoms with Crippen molar-refractivity contribution in [3.05, 3.63) is 13.2 Å². The normalized spacial score (nSPS) is 20.6. The molecule has 1 saturated carbocycles. The zero-order valence-corrected chi connectivity index (χ0v) is 11.1. The highest BCUT2D eigenvalue weighted by Crippen LogP contribution is 2.19. The summed E-state index contributed by atoms with van der Waals surface area (Å²) in [4.78, 5) is 20.5. The van der Waals surface area contributed by atoms with Crippen LogP contribution in [0.3, 0.4) is 0 Å². The molecular weight excluding hydrogens is 232 g/mol. The number of rotatable bonds is 4. The van der Waals surface area contributed by atoms with Crippen LogP contribution in [0, 0.1) is 0 Å². The van der Waals surface area contributed by atoms with Crippen molar-refractivity contribution in [3.8, 4) is 0 Å². The van der Waals surface area contributed by atoms with Crippen LogP contribution in [0.15, 0.2) is 13.2 Å². The predicted molar refractivity (Wildman–Crippen MR) is 71.1 cm³/mol. The van der Waals surface area contributed by atoms with Crippen LogP contribution in [0.4, 0.5) is 0 Å². The molecule has 1 aliphatic heterocycles. The Kier molecular flexibility index (Phi) is 9.96. The summed E-state index contributed by atoms with van der Waals surface area (Å²) in [7, 11) is 0. The summed E-state index contributed by atoms with van der Waals surface area (Å²) in [6.45, 7) is 9.67. The maximum absolute atomic E-state index is 11.3. The zero-order chi connectivity index (χ0) is 13.8. The number of hydrogen-bond donors (Lipinski definition) is 2. The van der Waals surface area contributed by atoms with Crippen molar-refractivity contribution in [2.45, 2.75) is 44.7 Å². The van der Waals surface area contributed by atoms with Crippen molar-refractivity contribution < 1.29 is 14.3 Å². The second-order valence-corrected chi connectivity index (χ2v) is 3.98. The Morgan fingerprint density at radius 2 is 2.11 bits per heavy atom. The summed E-state index contributed by atoms with van der Waals surface area (Å²) in [5.74, 6) is 0.213. The van der Waals surface area contributed by atoms with E-state index < -0.39 is 0 Å². The molecule has 0 spiro atoms. The Morgan fingerprint density at radius 3 is 2.44 bits per heavy atom. The van der Waals surface area contributed by atoms with Crippen molar-refractivity contribution in [2.24, 2.45) is 0 Å². The van der Waals surface area contributed by atoms with Gasteiger partial charge in [-0.05, 0) is 39.2 Å². The van der Waals surface area contributed by atoms with Crippen molar-refractivity contribution in [1.82, 2.24) is 10.6 Å². The molecule has 2 N–H and O–H groups in total. The van der Waals surface area contributed by atoms with Crippen molar-refractivity contribution in [1.29, 1.82) is 0 Å². The largest absolute Gasteiger partial charge is 0.468 e. The molecule has 1 aliphatic carbocycles. The van der Waals surface area contributed by atoms with Gasteiger partial charge in [0, 0.05) is 6.04 Å². The predicted octanol–water partition coefficient (Wildman–Crippen LogP) is 0.998. The molecule has 0 aromatic rings. The third-order valence-electron chi connectivity index (χ3n) is 2.54. The molecule has 1 saturated heterocycles. The molecule has 2 fully saturated rings. The van der Waals surface area contributed by atoms with Gasteiger partial charge in [0.1, 0.15) is 0 Å². The molecule has 0 aromatic carbocycles. The van der Waals surface area contributed by atoms with E-state index >= 15 is 0 Å². The first kappa shape index (κ1) is 16.6. The number of carbonyl (C=O) groups is 2. The molecule has 2 aliphatic rings. The lowest BCUT2D eigenvalue weighted by Crippen LogP contribution is -2.41. The minimum absolute atomic E-state index is 0.107. The number of amides is 1. The minimum Gasteiger partial charge on any atom is -0.468 e. The highest BCUT2D eigenvalue weighted by Gasteiger charge is 2.28. The van der Waals surface area contributed by atoms with Gasteiger partial charge in [0.05, 0.1) is 12.6 Å². The lowest BCUT2D eigenvalue weighted by atomic mass is 10.2. The summed E-state index contributed by atoms with van der Waals surface area (Å²) in [6, 6.07) is 0.612. The zero-order valence-electron chi connectivity index (χ0n) is 11.1. The van der Waals surface area contributed by atoms with Gasteiger partial charge in [0.25, 0.3) is 6.47 Å². The van der Waals surface area contributed by atoms with Gasteiger partial charge < -0.3 is 15.4 Å². The van der Waals surface area contributed by atoms with Gasteiger partial charge in [-0.1, -0.05) is 0 Å². The van der Waals surface area contributed by atoms with E-state index in [1.54, 1.807) is 6.92 Å². The van der Waals surface area contributed by atoms with E-state index in [0.29, 0.717) is 19.1 Å². The van der Waals surface area contributed by atoms with E-state index in [4.69, 9.17) is 0 Å². The molecule has 18 heavy (non-hydrogen) atoms. The summed E-state index contributed by atoms with van der Waals surface area (Å²) < 4.78 is 4.15. The summed E-state index contributed by atoms with van der Waals surface area (Å²) in [5, 5.41) is 6.17. The SMILES string of the molecule is C=C.CCOC=O.O=C(NC1CC1)[C@@H]1CCCN1. The molecule has 2 rings (SSSR count). The molecule has 0 unspecified atom stereocenters. The van der Waals surface area contributed by atoms with E-state index in [0.717, 1.165) is 19.4 Å². The molecular formula is C13H24N2O3. The molecule has 5 nitrogen and oxygen atoms in total. The fourth-order valence-corrected chi connectivity index (χ4v) is 1.51. The van der Waals surface area contributed by atoms with Crippen molar-refractivity contribution >= 4 is 12.4 Å². The topological polar surface area (TPSA) is 67.4 Å². The van der Waals surface area contributed by atoms with Crippen LogP contribution in [-0.2, 0) is 14.3 Å². The van der Waals surface area contributed by atoms with Gasteiger partial charge in [-0.2, -0.15) is 0 Å². The average molecular weight is 256 g/mol. The minimum atomic E-state index is 0.107. The van der Waals surface area contributed by atoms with E-state index in [1.165, 1.54) is 12.8 Å². The summed E-state index contributed by atoms with van der Waals surface area (Å²) in [6.07, 6.45) is 4.51. The maximum atomic E-state index is 11.3. The number of ether oxygens (including phenoxy) is 1. The van der Waals surface area contributed by atoms with Crippen LogP contribution in [0.2, 0.25) is 0 Å². The third-order valence-corrected chi connectivity index (χ3v) is 2.54. The molecule has 1 amide bonds. The molecule has 5 heteroatoms. The van der Waals surface area contributed by atoms with Gasteiger partial charge in [0.2, 0.25) is 5.91 Å². The summed E-state index contributed by atoms with van der Waals surface area (Å²) >= 11 is 0. The molecule has 0 aromatic heterocycles. The Hall–Kier alpha value is -1.36. The fourth-order valence-electron chi connectivity index (χ4n) is 1.51. The number of nitrogens with one attached hydrogen (secondary N) is 2. The van der Waals surface area contributed by atoms with Crippen molar-refractivity contribution in [3.63, 3.8) is 0 Å². The first-order chi connectivity index (χ1) is 8.77. The first-order valence-corrected chi connectivity index (χ1v) is 6.37. The van der Waals surface area contributed by atoms with Gasteiger partial charge in [0.15, 0.2) is 0 Å². The number of hydrogen-bond acceptors (Lipinski definition) is 4. The molecule has 104 valence electrons. The maximum Gasteiger partial charge on any atom is 0.293 e. The summed E-state index contributed by atoms with van der Waals surface area (Å²) in [5.41, 5.74) is 0. The second-order valence-electron chi connectivity index (χ2n) is 3.98. The smallest absolute Gasteiger partial charge is 0.293 e. The Balaban J connectivity index is 0.000000354. The van der Waals surface area contributed by atoms with Crippen LogP contribution in [0.5, 0.6) is 0 Å². The Labute approximate surface area is 109 Å². The Morgan fingerprint density at radius 1 is 1.44 bits per heavy atom. The van der Waals surface area contributed by atoms with Crippen LogP contribution in [0.25, 0.3) is 0 Å². The Bertz CT molecular complexity index is 236. The fraction of sp³-hybridized carbons (Fsp3) is 0.692. The van der Waals surface area contributed by atoms with Crippen LogP contribution in [0.1, 0.15) is 32.6 Å². The van der Waals surface area contributed by atoms with Gasteiger partial charge >= 0.3 is 0 Å². The first-order valence-electron chi connectivity index (χ1n) is 6.37. The lowest BCUT2D eigenvalue weighted by molar-refractivity contribution is -0.128. The molecule has 1 atom stereocenters. The van der Waals surface area contributed by atoms with Crippen molar-refractivity contribution in [2.75, 3.05) is 13.2 Å². The quantitative estimate of drug-likeness (QED) is 0.581. The second kappa shape index (κ2) is 10.8. The lowest BCUT2D eigenvalue weighted by Gasteiger charge is -2.09. The van der Waals surface area contributed by atoms with E-state index in [2.05, 4.69) is 28.5 Å². The van der Waals surface area contributed by atoms with Gasteiger partial charge in [-0.25, -0.2) is 0 Å². The van der Waals surface area contributed by atoms with E-state index in [1.807, 2.05) is 0 Å². The highest BCUT2D eigenvalue weighted by atomic mass is 16.5. The van der Waals surface area contributed by atoms with Gasteiger partial charge in [-0.3, -0.25) is 9.59 Å². The standard InChI is InChI=1S/C8H14N2O.C3H6O2.C2H4/c11-8(10-6-3-4-6)7-2-1-5-9-7;1-2-5-3-4;1-2/h6-7,9H,1-5H2,(H,10,11);3H,2H2,1H3;1-2H2/t7-;;/m0../s1. The monoisotopic (exact) mass is 256 g/mol. The highest BCUT2D eigenvalue weighted by molar-refractivity contribution is 5.82.